The van der Waals surface area contributed by atoms with Crippen LogP contribution in [0.4, 0.5) is 0 Å². The van der Waals surface area contributed by atoms with Crippen LogP contribution in [0.3, 0.4) is 0 Å². The van der Waals surface area contributed by atoms with E-state index in [1.807, 2.05) is 30.4 Å². The number of benzene rings is 1. The second-order valence-electron chi connectivity index (χ2n) is 4.18. The van der Waals surface area contributed by atoms with Gasteiger partial charge in [-0.3, -0.25) is 0 Å². The summed E-state index contributed by atoms with van der Waals surface area (Å²) in [5, 5.41) is 0. The van der Waals surface area contributed by atoms with Crippen LogP contribution in [-0.4, -0.2) is 6.10 Å². The summed E-state index contributed by atoms with van der Waals surface area (Å²) in [5.41, 5.74) is 1.22. The zero-order valence-electron chi connectivity index (χ0n) is 10.9. The van der Waals surface area contributed by atoms with Gasteiger partial charge in [0.25, 0.3) is 0 Å². The van der Waals surface area contributed by atoms with Crippen molar-refractivity contribution in [2.24, 2.45) is 0 Å². The van der Waals surface area contributed by atoms with Crippen LogP contribution in [0.5, 0.6) is 0 Å². The van der Waals surface area contributed by atoms with Crippen molar-refractivity contribution in [1.82, 2.24) is 0 Å². The average Bonchev–Trinajstić information content (AvgIpc) is 2.42. The van der Waals surface area contributed by atoms with Crippen LogP contribution in [0.25, 0.3) is 0 Å². The number of allylic oxidation sites excluding steroid dienone is 3. The molecule has 0 saturated carbocycles. The van der Waals surface area contributed by atoms with Crippen molar-refractivity contribution in [3.05, 3.63) is 73.4 Å². The Labute approximate surface area is 110 Å². The summed E-state index contributed by atoms with van der Waals surface area (Å²) < 4.78 is 5.92. The van der Waals surface area contributed by atoms with Crippen molar-refractivity contribution < 1.29 is 4.74 Å². The molecule has 1 aromatic rings. The lowest BCUT2D eigenvalue weighted by Gasteiger charge is -2.15. The molecular weight excluding hydrogens is 220 g/mol. The smallest absolute Gasteiger partial charge is 0.0720 e. The molecule has 1 nitrogen and oxygen atoms in total. The van der Waals surface area contributed by atoms with Gasteiger partial charge in [-0.1, -0.05) is 61.2 Å². The van der Waals surface area contributed by atoms with Gasteiger partial charge in [0.15, 0.2) is 0 Å². The van der Waals surface area contributed by atoms with Gasteiger partial charge in [-0.05, 0) is 24.8 Å². The molecule has 1 atom stereocenters. The van der Waals surface area contributed by atoms with E-state index in [9.17, 15) is 0 Å². The van der Waals surface area contributed by atoms with Crippen molar-refractivity contribution in [2.75, 3.05) is 0 Å². The minimum absolute atomic E-state index is 0.247. The van der Waals surface area contributed by atoms with Gasteiger partial charge in [-0.25, -0.2) is 0 Å². The van der Waals surface area contributed by atoms with Crippen LogP contribution < -0.4 is 0 Å². The maximum atomic E-state index is 5.92. The molecule has 1 heteroatoms. The molecule has 0 saturated heterocycles. The third-order valence-electron chi connectivity index (χ3n) is 2.69. The van der Waals surface area contributed by atoms with Crippen LogP contribution in [0.15, 0.2) is 67.8 Å². The third-order valence-corrected chi connectivity index (χ3v) is 2.69. The summed E-state index contributed by atoms with van der Waals surface area (Å²) in [6.07, 6.45) is 11.0. The molecule has 1 unspecified atom stereocenters. The first-order valence-electron chi connectivity index (χ1n) is 6.40. The Balaban J connectivity index is 2.35. The Morgan fingerprint density at radius 2 is 1.94 bits per heavy atom. The molecule has 0 spiro atoms. The molecule has 96 valence electrons. The lowest BCUT2D eigenvalue weighted by atomic mass is 10.1. The molecule has 0 aromatic heterocycles. The summed E-state index contributed by atoms with van der Waals surface area (Å²) in [5.74, 6) is 0. The standard InChI is InChI=1S/C17H22O/c1-3-5-6-10-14-17(11-4-2)18-15-16-12-8-7-9-13-16/h3-9,12-13,17H,1-2,10-11,14-15H2/b6-5+. The van der Waals surface area contributed by atoms with E-state index in [0.717, 1.165) is 19.3 Å². The van der Waals surface area contributed by atoms with Crippen molar-refractivity contribution in [3.63, 3.8) is 0 Å². The van der Waals surface area contributed by atoms with Gasteiger partial charge in [0.05, 0.1) is 12.7 Å². The highest BCUT2D eigenvalue weighted by Crippen LogP contribution is 2.11. The Morgan fingerprint density at radius 1 is 1.17 bits per heavy atom. The van der Waals surface area contributed by atoms with Crippen LogP contribution in [-0.2, 0) is 11.3 Å². The van der Waals surface area contributed by atoms with E-state index in [0.29, 0.717) is 6.61 Å². The van der Waals surface area contributed by atoms with E-state index >= 15 is 0 Å². The first-order valence-corrected chi connectivity index (χ1v) is 6.40. The monoisotopic (exact) mass is 242 g/mol. The summed E-state index contributed by atoms with van der Waals surface area (Å²) in [6.45, 7) is 8.11. The van der Waals surface area contributed by atoms with Gasteiger partial charge in [-0.15, -0.1) is 6.58 Å². The summed E-state index contributed by atoms with van der Waals surface area (Å²) in [6, 6.07) is 10.3. The number of ether oxygens (including phenoxy) is 1. The fourth-order valence-electron chi connectivity index (χ4n) is 1.72. The molecule has 0 aliphatic carbocycles. The second kappa shape index (κ2) is 9.43. The molecule has 0 heterocycles. The molecule has 0 amide bonds. The largest absolute Gasteiger partial charge is 0.373 e. The van der Waals surface area contributed by atoms with Gasteiger partial charge in [0.2, 0.25) is 0 Å². The lowest BCUT2D eigenvalue weighted by molar-refractivity contribution is 0.0377. The highest BCUT2D eigenvalue weighted by molar-refractivity contribution is 5.13. The maximum Gasteiger partial charge on any atom is 0.0720 e. The fourth-order valence-corrected chi connectivity index (χ4v) is 1.72. The summed E-state index contributed by atoms with van der Waals surface area (Å²) in [7, 11) is 0. The minimum Gasteiger partial charge on any atom is -0.373 e. The van der Waals surface area contributed by atoms with E-state index in [1.54, 1.807) is 6.08 Å². The number of hydrogen-bond donors (Lipinski definition) is 0. The molecule has 1 aromatic carbocycles. The molecule has 0 radical (unpaired) electrons. The van der Waals surface area contributed by atoms with Crippen molar-refractivity contribution in [2.45, 2.75) is 32.0 Å². The molecular formula is C17H22O. The van der Waals surface area contributed by atoms with E-state index < -0.39 is 0 Å². The predicted octanol–water partition coefficient (Wildman–Crippen LogP) is 4.67. The molecule has 0 fully saturated rings. The Bertz CT molecular complexity index is 364. The minimum atomic E-state index is 0.247. The predicted molar refractivity (Wildman–Crippen MR) is 78.4 cm³/mol. The molecule has 0 aliphatic rings. The van der Waals surface area contributed by atoms with Crippen LogP contribution in [0.2, 0.25) is 0 Å². The maximum absolute atomic E-state index is 5.92. The zero-order valence-corrected chi connectivity index (χ0v) is 10.9. The van der Waals surface area contributed by atoms with Crippen molar-refractivity contribution in [1.29, 1.82) is 0 Å². The van der Waals surface area contributed by atoms with E-state index in [-0.39, 0.29) is 6.10 Å². The first-order chi connectivity index (χ1) is 8.86. The highest BCUT2D eigenvalue weighted by atomic mass is 16.5. The van der Waals surface area contributed by atoms with Gasteiger partial charge in [0.1, 0.15) is 0 Å². The number of hydrogen-bond acceptors (Lipinski definition) is 1. The first kappa shape index (κ1) is 14.5. The molecule has 18 heavy (non-hydrogen) atoms. The summed E-state index contributed by atoms with van der Waals surface area (Å²) in [4.78, 5) is 0. The summed E-state index contributed by atoms with van der Waals surface area (Å²) >= 11 is 0. The molecule has 0 aliphatic heterocycles. The SMILES string of the molecule is C=C/C=C/CCC(CC=C)OCc1ccccc1. The quantitative estimate of drug-likeness (QED) is 0.451. The molecule has 0 N–H and O–H groups in total. The molecule has 0 bridgehead atoms. The Morgan fingerprint density at radius 3 is 2.61 bits per heavy atom. The van der Waals surface area contributed by atoms with E-state index in [1.165, 1.54) is 5.56 Å². The molecule has 1 rings (SSSR count). The van der Waals surface area contributed by atoms with Crippen LogP contribution in [0.1, 0.15) is 24.8 Å². The average molecular weight is 242 g/mol. The lowest BCUT2D eigenvalue weighted by Crippen LogP contribution is -2.11. The van der Waals surface area contributed by atoms with Crippen molar-refractivity contribution >= 4 is 0 Å². The zero-order chi connectivity index (χ0) is 13.1. The van der Waals surface area contributed by atoms with Crippen LogP contribution >= 0.6 is 0 Å². The third kappa shape index (κ3) is 6.21. The van der Waals surface area contributed by atoms with Gasteiger partial charge in [0, 0.05) is 0 Å². The van der Waals surface area contributed by atoms with E-state index in [2.05, 4.69) is 31.4 Å². The van der Waals surface area contributed by atoms with Gasteiger partial charge >= 0.3 is 0 Å². The Hall–Kier alpha value is -1.60. The topological polar surface area (TPSA) is 9.23 Å². The highest BCUT2D eigenvalue weighted by Gasteiger charge is 2.06. The van der Waals surface area contributed by atoms with Gasteiger partial charge < -0.3 is 4.74 Å². The van der Waals surface area contributed by atoms with Gasteiger partial charge in [-0.2, -0.15) is 0 Å². The van der Waals surface area contributed by atoms with Crippen molar-refractivity contribution in [3.8, 4) is 0 Å². The second-order valence-corrected chi connectivity index (χ2v) is 4.18. The fraction of sp³-hybridized carbons (Fsp3) is 0.294. The van der Waals surface area contributed by atoms with Crippen LogP contribution in [0, 0.1) is 0 Å². The normalized spacial score (nSPS) is 12.4. The Kier molecular flexibility index (Phi) is 7.58. The van der Waals surface area contributed by atoms with E-state index in [4.69, 9.17) is 4.74 Å². The number of rotatable bonds is 9.